The molecule has 1 aromatic heterocycles. The van der Waals surface area contributed by atoms with Gasteiger partial charge in [0.1, 0.15) is 0 Å². The van der Waals surface area contributed by atoms with Crippen LogP contribution >= 0.6 is 11.5 Å². The predicted octanol–water partition coefficient (Wildman–Crippen LogP) is 0.00820. The van der Waals surface area contributed by atoms with Crippen LogP contribution in [0.2, 0.25) is 0 Å². The summed E-state index contributed by atoms with van der Waals surface area (Å²) in [5.41, 5.74) is 0. The van der Waals surface area contributed by atoms with Crippen LogP contribution in [0.1, 0.15) is 13.3 Å². The number of nitrogens with zero attached hydrogens (tertiary/aromatic N) is 2. The van der Waals surface area contributed by atoms with Gasteiger partial charge in [0.15, 0.2) is 0 Å². The summed E-state index contributed by atoms with van der Waals surface area (Å²) in [6, 6.07) is 0. The van der Waals surface area contributed by atoms with E-state index in [0.717, 1.165) is 11.5 Å². The zero-order chi connectivity index (χ0) is 9.03. The summed E-state index contributed by atoms with van der Waals surface area (Å²) in [5, 5.41) is 4.89. The van der Waals surface area contributed by atoms with E-state index in [2.05, 4.69) is 13.8 Å². The van der Waals surface area contributed by atoms with E-state index in [-0.39, 0.29) is 41.2 Å². The fourth-order valence-corrected chi connectivity index (χ4v) is 1.96. The van der Waals surface area contributed by atoms with Crippen LogP contribution in [0.4, 0.5) is 0 Å². The van der Waals surface area contributed by atoms with Gasteiger partial charge in [-0.15, -0.1) is 0 Å². The standard InChI is InChI=1S/C5H8N2O3S2.Na.H/c1-2-3-12(8,9)10-5-4-11-7-6-5;;/h4H,2-3H2,1H3;;. The van der Waals surface area contributed by atoms with Gasteiger partial charge in [-0.05, 0) is 18.0 Å². The molecule has 70 valence electrons. The predicted molar refractivity (Wildman–Crippen MR) is 51.8 cm³/mol. The summed E-state index contributed by atoms with van der Waals surface area (Å²) in [6.45, 7) is 1.76. The van der Waals surface area contributed by atoms with Gasteiger partial charge in [-0.25, -0.2) is 0 Å². The molecule has 0 aliphatic rings. The van der Waals surface area contributed by atoms with Gasteiger partial charge in [0, 0.05) is 0 Å². The molecule has 0 N–H and O–H groups in total. The fraction of sp³-hybridized carbons (Fsp3) is 0.600. The molecule has 0 spiro atoms. The zero-order valence-electron chi connectivity index (χ0n) is 6.43. The second-order valence-electron chi connectivity index (χ2n) is 2.09. The summed E-state index contributed by atoms with van der Waals surface area (Å²) in [7, 11) is -3.45. The van der Waals surface area contributed by atoms with Crippen LogP contribution in [0, 0.1) is 0 Å². The minimum atomic E-state index is -3.45. The molecule has 0 radical (unpaired) electrons. The SMILES string of the molecule is CCCS(=O)(=O)Oc1csnn1.[NaH]. The van der Waals surface area contributed by atoms with Crippen molar-refractivity contribution in [1.82, 2.24) is 9.59 Å². The van der Waals surface area contributed by atoms with Crippen molar-refractivity contribution in [1.29, 1.82) is 0 Å². The molecule has 1 aromatic rings. The summed E-state index contributed by atoms with van der Waals surface area (Å²) < 4.78 is 30.1. The summed E-state index contributed by atoms with van der Waals surface area (Å²) in [6.07, 6.45) is 0.528. The van der Waals surface area contributed by atoms with E-state index in [9.17, 15) is 8.42 Å². The zero-order valence-corrected chi connectivity index (χ0v) is 8.06. The molecule has 5 nitrogen and oxygen atoms in total. The molecule has 1 rings (SSSR count). The van der Waals surface area contributed by atoms with Gasteiger partial charge in [-0.1, -0.05) is 16.5 Å². The molecule has 1 heterocycles. The Balaban J connectivity index is 0.00000144. The number of hydrogen-bond donors (Lipinski definition) is 0. The van der Waals surface area contributed by atoms with Crippen LogP contribution < -0.4 is 4.18 Å². The Morgan fingerprint density at radius 2 is 2.31 bits per heavy atom. The first kappa shape index (κ1) is 13.3. The normalized spacial score (nSPS) is 10.5. The van der Waals surface area contributed by atoms with Gasteiger partial charge >= 0.3 is 39.7 Å². The number of hydrogen-bond acceptors (Lipinski definition) is 6. The van der Waals surface area contributed by atoms with E-state index in [1.54, 1.807) is 6.92 Å². The van der Waals surface area contributed by atoms with Crippen LogP contribution in [0.5, 0.6) is 5.88 Å². The van der Waals surface area contributed by atoms with Crippen molar-refractivity contribution in [2.45, 2.75) is 13.3 Å². The van der Waals surface area contributed by atoms with E-state index in [1.165, 1.54) is 5.38 Å². The van der Waals surface area contributed by atoms with E-state index in [1.807, 2.05) is 0 Å². The molecule has 0 aliphatic heterocycles. The third kappa shape index (κ3) is 4.92. The Hall–Kier alpha value is 0.310. The molecule has 0 amide bonds. The molecule has 13 heavy (non-hydrogen) atoms. The molecule has 0 atom stereocenters. The molecule has 0 saturated carbocycles. The van der Waals surface area contributed by atoms with Gasteiger partial charge in [0.2, 0.25) is 0 Å². The average Bonchev–Trinajstić information content (AvgIpc) is 2.38. The van der Waals surface area contributed by atoms with E-state index in [0.29, 0.717) is 6.42 Å². The van der Waals surface area contributed by atoms with Crippen molar-refractivity contribution < 1.29 is 12.6 Å². The molecule has 0 bridgehead atoms. The van der Waals surface area contributed by atoms with Crippen LogP contribution in [0.3, 0.4) is 0 Å². The molecule has 0 aromatic carbocycles. The third-order valence-corrected chi connectivity index (χ3v) is 2.82. The van der Waals surface area contributed by atoms with Gasteiger partial charge in [0.25, 0.3) is 5.88 Å². The quantitative estimate of drug-likeness (QED) is 0.540. The van der Waals surface area contributed by atoms with Crippen molar-refractivity contribution in [3.63, 3.8) is 0 Å². The third-order valence-electron chi connectivity index (χ3n) is 1.01. The molecular weight excluding hydrogens is 223 g/mol. The van der Waals surface area contributed by atoms with Gasteiger partial charge in [0.05, 0.1) is 11.1 Å². The van der Waals surface area contributed by atoms with Crippen molar-refractivity contribution in [3.8, 4) is 5.88 Å². The summed E-state index contributed by atoms with van der Waals surface area (Å²) in [5.74, 6) is 0.0540. The number of aromatic nitrogens is 2. The Kier molecular flexibility index (Phi) is 6.06. The first-order valence-electron chi connectivity index (χ1n) is 3.33. The minimum absolute atomic E-state index is 0. The van der Waals surface area contributed by atoms with Gasteiger partial charge < -0.3 is 4.18 Å². The Morgan fingerprint density at radius 1 is 1.62 bits per heavy atom. The van der Waals surface area contributed by atoms with E-state index >= 15 is 0 Å². The molecule has 0 unspecified atom stereocenters. The molecule has 0 saturated heterocycles. The molecule has 0 fully saturated rings. The second kappa shape index (κ2) is 5.92. The van der Waals surface area contributed by atoms with Crippen LogP contribution in [-0.2, 0) is 10.1 Å². The second-order valence-corrected chi connectivity index (χ2v) is 4.39. The van der Waals surface area contributed by atoms with Crippen LogP contribution in [0.25, 0.3) is 0 Å². The monoisotopic (exact) mass is 232 g/mol. The molecule has 0 aliphatic carbocycles. The van der Waals surface area contributed by atoms with Gasteiger partial charge in [-0.2, -0.15) is 8.42 Å². The Morgan fingerprint density at radius 3 is 2.77 bits per heavy atom. The first-order chi connectivity index (χ1) is 5.64. The maximum absolute atomic E-state index is 11.0. The first-order valence-corrected chi connectivity index (χ1v) is 5.74. The molecular formula is C5H9N2NaO3S2. The van der Waals surface area contributed by atoms with E-state index < -0.39 is 10.1 Å². The van der Waals surface area contributed by atoms with Crippen molar-refractivity contribution in [3.05, 3.63) is 5.38 Å². The van der Waals surface area contributed by atoms with Crippen LogP contribution in [0.15, 0.2) is 5.38 Å². The van der Waals surface area contributed by atoms with Crippen molar-refractivity contribution in [2.24, 2.45) is 0 Å². The van der Waals surface area contributed by atoms with Gasteiger partial charge in [-0.3, -0.25) is 0 Å². The summed E-state index contributed by atoms with van der Waals surface area (Å²) >= 11 is 1.05. The Bertz CT molecular complexity index is 324. The average molecular weight is 232 g/mol. The Labute approximate surface area is 103 Å². The van der Waals surface area contributed by atoms with E-state index in [4.69, 9.17) is 0 Å². The van der Waals surface area contributed by atoms with Crippen LogP contribution in [-0.4, -0.2) is 53.3 Å². The molecule has 8 heteroatoms. The van der Waals surface area contributed by atoms with Crippen molar-refractivity contribution in [2.75, 3.05) is 5.75 Å². The number of rotatable bonds is 4. The topological polar surface area (TPSA) is 69.2 Å². The fourth-order valence-electron chi connectivity index (χ4n) is 0.614. The van der Waals surface area contributed by atoms with Crippen molar-refractivity contribution >= 4 is 51.2 Å². The summed E-state index contributed by atoms with van der Waals surface area (Å²) in [4.78, 5) is 0. The maximum atomic E-state index is 11.0.